The molecule has 6 heteroatoms. The second kappa shape index (κ2) is 7.22. The van der Waals surface area contributed by atoms with Crippen molar-refractivity contribution in [2.75, 3.05) is 17.2 Å². The van der Waals surface area contributed by atoms with Crippen molar-refractivity contribution >= 4 is 40.5 Å². The van der Waals surface area contributed by atoms with Crippen molar-refractivity contribution in [2.24, 2.45) is 5.92 Å². The lowest BCUT2D eigenvalue weighted by atomic mass is 10.2. The third kappa shape index (κ3) is 4.98. The van der Waals surface area contributed by atoms with Crippen LogP contribution >= 0.6 is 23.2 Å². The van der Waals surface area contributed by atoms with Crippen LogP contribution in [0.3, 0.4) is 0 Å². The number of hydrogen-bond donors (Lipinski definition) is 2. The van der Waals surface area contributed by atoms with Crippen molar-refractivity contribution in [2.45, 2.75) is 20.3 Å². The Labute approximate surface area is 122 Å². The Kier molecular flexibility index (Phi) is 5.94. The van der Waals surface area contributed by atoms with Gasteiger partial charge in [0.25, 0.3) is 0 Å². The molecule has 0 fully saturated rings. The van der Waals surface area contributed by atoms with Gasteiger partial charge >= 0.3 is 0 Å². The Morgan fingerprint density at radius 3 is 2.42 bits per heavy atom. The molecular weight excluding hydrogens is 285 g/mol. The highest BCUT2D eigenvalue weighted by Crippen LogP contribution is 2.32. The van der Waals surface area contributed by atoms with Gasteiger partial charge in [0, 0.05) is 6.54 Å². The van der Waals surface area contributed by atoms with Gasteiger partial charge in [-0.3, -0.25) is 4.79 Å². The topological polar surface area (TPSA) is 64.9 Å². The zero-order valence-electron chi connectivity index (χ0n) is 10.8. The zero-order chi connectivity index (χ0) is 14.4. The van der Waals surface area contributed by atoms with E-state index < -0.39 is 0 Å². The van der Waals surface area contributed by atoms with Crippen LogP contribution < -0.4 is 10.6 Å². The molecule has 0 aliphatic heterocycles. The molecule has 0 atom stereocenters. The lowest BCUT2D eigenvalue weighted by molar-refractivity contribution is -0.115. The van der Waals surface area contributed by atoms with Crippen LogP contribution in [-0.2, 0) is 4.79 Å². The first-order chi connectivity index (χ1) is 8.93. The maximum Gasteiger partial charge on any atom is 0.238 e. The van der Waals surface area contributed by atoms with Gasteiger partial charge in [0.2, 0.25) is 5.91 Å². The molecule has 1 aromatic carbocycles. The van der Waals surface area contributed by atoms with Crippen LogP contribution in [0, 0.1) is 17.2 Å². The highest BCUT2D eigenvalue weighted by atomic mass is 35.5. The van der Waals surface area contributed by atoms with Gasteiger partial charge in [0.1, 0.15) is 6.42 Å². The van der Waals surface area contributed by atoms with E-state index in [0.717, 1.165) is 6.54 Å². The summed E-state index contributed by atoms with van der Waals surface area (Å²) in [5.74, 6) is 0.0607. The number of anilines is 2. The molecule has 102 valence electrons. The number of nitrogens with zero attached hydrogens (tertiary/aromatic N) is 1. The summed E-state index contributed by atoms with van der Waals surface area (Å²) in [6.45, 7) is 4.87. The smallest absolute Gasteiger partial charge is 0.238 e. The first kappa shape index (κ1) is 15.6. The molecule has 0 bridgehead atoms. The Balaban J connectivity index is 2.96. The standard InChI is InChI=1S/C13H15Cl2N3O/c1-8(2)7-17-11-5-9(14)10(15)6-12(11)18-13(19)3-4-16/h5-6,8,17H,3,7H2,1-2H3,(H,18,19). The first-order valence-electron chi connectivity index (χ1n) is 5.83. The SMILES string of the molecule is CC(C)CNc1cc(Cl)c(Cl)cc1NC(=O)CC#N. The fraction of sp³-hybridized carbons (Fsp3) is 0.385. The van der Waals surface area contributed by atoms with E-state index in [1.807, 2.05) is 0 Å². The number of amides is 1. The van der Waals surface area contributed by atoms with Crippen LogP contribution in [0.4, 0.5) is 11.4 Å². The van der Waals surface area contributed by atoms with Crippen molar-refractivity contribution < 1.29 is 4.79 Å². The summed E-state index contributed by atoms with van der Waals surface area (Å²) < 4.78 is 0. The molecule has 1 rings (SSSR count). The maximum absolute atomic E-state index is 11.5. The molecule has 0 saturated carbocycles. The van der Waals surface area contributed by atoms with E-state index in [0.29, 0.717) is 27.3 Å². The Hall–Kier alpha value is -1.44. The minimum Gasteiger partial charge on any atom is -0.383 e. The number of nitrogens with one attached hydrogen (secondary N) is 2. The summed E-state index contributed by atoms with van der Waals surface area (Å²) in [4.78, 5) is 11.5. The summed E-state index contributed by atoms with van der Waals surface area (Å²) in [6.07, 6.45) is -0.204. The number of benzene rings is 1. The first-order valence-corrected chi connectivity index (χ1v) is 6.59. The highest BCUT2D eigenvalue weighted by molar-refractivity contribution is 6.42. The normalized spacial score (nSPS) is 10.1. The van der Waals surface area contributed by atoms with Gasteiger partial charge in [-0.1, -0.05) is 37.0 Å². The van der Waals surface area contributed by atoms with E-state index in [4.69, 9.17) is 28.5 Å². The largest absolute Gasteiger partial charge is 0.383 e. The van der Waals surface area contributed by atoms with Gasteiger partial charge < -0.3 is 10.6 Å². The predicted molar refractivity (Wildman–Crippen MR) is 78.6 cm³/mol. The molecule has 0 radical (unpaired) electrons. The number of carbonyl (C=O) groups excluding carboxylic acids is 1. The number of hydrogen-bond acceptors (Lipinski definition) is 3. The van der Waals surface area contributed by atoms with Crippen molar-refractivity contribution in [3.05, 3.63) is 22.2 Å². The lowest BCUT2D eigenvalue weighted by Gasteiger charge is -2.15. The van der Waals surface area contributed by atoms with Crippen molar-refractivity contribution in [1.29, 1.82) is 5.26 Å². The fourth-order valence-corrected chi connectivity index (χ4v) is 1.70. The van der Waals surface area contributed by atoms with Crippen LogP contribution in [-0.4, -0.2) is 12.5 Å². The van der Waals surface area contributed by atoms with E-state index in [2.05, 4.69) is 24.5 Å². The summed E-state index contributed by atoms with van der Waals surface area (Å²) in [5, 5.41) is 15.1. The molecule has 0 unspecified atom stereocenters. The number of halogens is 2. The second-order valence-electron chi connectivity index (χ2n) is 4.47. The average molecular weight is 300 g/mol. The molecule has 0 heterocycles. The van der Waals surface area contributed by atoms with E-state index in [-0.39, 0.29) is 12.3 Å². The van der Waals surface area contributed by atoms with Crippen LogP contribution in [0.25, 0.3) is 0 Å². The molecule has 0 aliphatic rings. The molecule has 0 aromatic heterocycles. The molecule has 0 aliphatic carbocycles. The van der Waals surface area contributed by atoms with Crippen molar-refractivity contribution in [1.82, 2.24) is 0 Å². The van der Waals surface area contributed by atoms with Crippen LogP contribution in [0.1, 0.15) is 20.3 Å². The second-order valence-corrected chi connectivity index (χ2v) is 5.28. The van der Waals surface area contributed by atoms with Crippen molar-refractivity contribution in [3.8, 4) is 6.07 Å². The molecule has 19 heavy (non-hydrogen) atoms. The van der Waals surface area contributed by atoms with Gasteiger partial charge in [-0.05, 0) is 18.1 Å². The van der Waals surface area contributed by atoms with Crippen molar-refractivity contribution in [3.63, 3.8) is 0 Å². The Morgan fingerprint density at radius 2 is 1.89 bits per heavy atom. The molecule has 1 aromatic rings. The van der Waals surface area contributed by atoms with E-state index in [1.165, 1.54) is 0 Å². The maximum atomic E-state index is 11.5. The van der Waals surface area contributed by atoms with Gasteiger partial charge in [-0.25, -0.2) is 0 Å². The number of rotatable bonds is 5. The third-order valence-electron chi connectivity index (χ3n) is 2.27. The van der Waals surface area contributed by atoms with Gasteiger partial charge in [0.15, 0.2) is 0 Å². The van der Waals surface area contributed by atoms with Crippen LogP contribution in [0.15, 0.2) is 12.1 Å². The third-order valence-corrected chi connectivity index (χ3v) is 3.00. The molecule has 0 saturated heterocycles. The van der Waals surface area contributed by atoms with Crippen LogP contribution in [0.5, 0.6) is 0 Å². The zero-order valence-corrected chi connectivity index (χ0v) is 12.3. The van der Waals surface area contributed by atoms with Crippen LogP contribution in [0.2, 0.25) is 10.0 Å². The van der Waals surface area contributed by atoms with E-state index >= 15 is 0 Å². The van der Waals surface area contributed by atoms with E-state index in [1.54, 1.807) is 18.2 Å². The fourth-order valence-electron chi connectivity index (χ4n) is 1.38. The minimum atomic E-state index is -0.381. The average Bonchev–Trinajstić information content (AvgIpc) is 2.32. The van der Waals surface area contributed by atoms with Gasteiger partial charge in [-0.2, -0.15) is 5.26 Å². The summed E-state index contributed by atoms with van der Waals surface area (Å²) >= 11 is 11.9. The number of carbonyl (C=O) groups is 1. The molecular formula is C13H15Cl2N3O. The highest BCUT2D eigenvalue weighted by Gasteiger charge is 2.10. The lowest BCUT2D eigenvalue weighted by Crippen LogP contribution is -2.14. The monoisotopic (exact) mass is 299 g/mol. The molecule has 2 N–H and O–H groups in total. The summed E-state index contributed by atoms with van der Waals surface area (Å²) in [6, 6.07) is 5.02. The quantitative estimate of drug-likeness (QED) is 0.866. The van der Waals surface area contributed by atoms with Gasteiger partial charge in [-0.15, -0.1) is 0 Å². The number of nitriles is 1. The molecule has 0 spiro atoms. The molecule has 1 amide bonds. The minimum absolute atomic E-state index is 0.204. The van der Waals surface area contributed by atoms with E-state index in [9.17, 15) is 4.79 Å². The molecule has 4 nitrogen and oxygen atoms in total. The van der Waals surface area contributed by atoms with Gasteiger partial charge in [0.05, 0.1) is 27.5 Å². The summed E-state index contributed by atoms with van der Waals surface area (Å²) in [5.41, 5.74) is 1.21. The Bertz CT molecular complexity index is 509. The Morgan fingerprint density at radius 1 is 1.32 bits per heavy atom. The summed E-state index contributed by atoms with van der Waals surface area (Å²) in [7, 11) is 0. The predicted octanol–water partition coefficient (Wildman–Crippen LogP) is 3.91.